The van der Waals surface area contributed by atoms with Crippen LogP contribution >= 0.6 is 0 Å². The molecule has 1 aromatic heterocycles. The first-order chi connectivity index (χ1) is 8.80. The molecule has 3 N–H and O–H groups in total. The summed E-state index contributed by atoms with van der Waals surface area (Å²) in [6.45, 7) is 1.45. The van der Waals surface area contributed by atoms with E-state index < -0.39 is 0 Å². The maximum absolute atomic E-state index is 5.77. The molecule has 0 spiro atoms. The molecule has 0 amide bonds. The van der Waals surface area contributed by atoms with Gasteiger partial charge in [0.1, 0.15) is 0 Å². The zero-order chi connectivity index (χ0) is 12.8. The number of nitrogens with one attached hydrogen (secondary N) is 1. The Morgan fingerprint density at radius 2 is 2.11 bits per heavy atom. The van der Waals surface area contributed by atoms with Crippen LogP contribution < -0.4 is 11.3 Å². The van der Waals surface area contributed by atoms with E-state index in [9.17, 15) is 0 Å². The third kappa shape index (κ3) is 2.87. The smallest absolute Gasteiger partial charge is 0.0891 e. The van der Waals surface area contributed by atoms with E-state index in [1.807, 2.05) is 12.1 Å². The Balaban J connectivity index is 2.11. The highest BCUT2D eigenvalue weighted by atomic mass is 16.5. The van der Waals surface area contributed by atoms with Crippen molar-refractivity contribution in [2.45, 2.75) is 30.9 Å². The number of methoxy groups -OCH3 is 1. The molecule has 1 unspecified atom stereocenters. The second-order valence-electron chi connectivity index (χ2n) is 4.66. The molecule has 18 heavy (non-hydrogen) atoms. The van der Waals surface area contributed by atoms with Gasteiger partial charge < -0.3 is 9.47 Å². The van der Waals surface area contributed by atoms with Crippen molar-refractivity contribution < 1.29 is 9.47 Å². The van der Waals surface area contributed by atoms with Crippen molar-refractivity contribution in [1.82, 2.24) is 10.4 Å². The molecule has 1 aliphatic rings. The first-order valence-electron chi connectivity index (χ1n) is 6.29. The molecule has 5 heteroatoms. The van der Waals surface area contributed by atoms with Crippen molar-refractivity contribution in [2.24, 2.45) is 5.84 Å². The molecule has 0 radical (unpaired) electrons. The number of nitrogens with zero attached hydrogens (tertiary/aromatic N) is 1. The van der Waals surface area contributed by atoms with Crippen molar-refractivity contribution in [3.8, 4) is 0 Å². The van der Waals surface area contributed by atoms with Crippen molar-refractivity contribution >= 4 is 0 Å². The molecule has 0 aromatic carbocycles. The fourth-order valence-electron chi connectivity index (χ4n) is 2.56. The van der Waals surface area contributed by atoms with Crippen molar-refractivity contribution in [2.75, 3.05) is 20.3 Å². The Hall–Kier alpha value is -1.01. The predicted octanol–water partition coefficient (Wildman–Crippen LogP) is 0.652. The fraction of sp³-hybridized carbons (Fsp3) is 0.615. The fourth-order valence-corrected chi connectivity index (χ4v) is 2.56. The van der Waals surface area contributed by atoms with Crippen LogP contribution in [-0.4, -0.2) is 37.0 Å². The Morgan fingerprint density at radius 3 is 2.67 bits per heavy atom. The maximum atomic E-state index is 5.77. The maximum Gasteiger partial charge on any atom is 0.0891 e. The Bertz CT molecular complexity index is 353. The van der Waals surface area contributed by atoms with Gasteiger partial charge in [0.2, 0.25) is 0 Å². The summed E-state index contributed by atoms with van der Waals surface area (Å²) in [6.07, 6.45) is 6.15. The number of hydrogen-bond donors (Lipinski definition) is 2. The minimum Gasteiger partial charge on any atom is -0.381 e. The standard InChI is InChI=1S/C13H21N3O2/c1-17-13(4-8-18-9-5-13)12(16-14)10-11-2-6-15-7-3-11/h2-3,6-7,12,16H,4-5,8-10,14H2,1H3. The van der Waals surface area contributed by atoms with E-state index in [4.69, 9.17) is 15.3 Å². The molecule has 0 bridgehead atoms. The number of hydrogen-bond acceptors (Lipinski definition) is 5. The highest BCUT2D eigenvalue weighted by Gasteiger charge is 2.40. The lowest BCUT2D eigenvalue weighted by Crippen LogP contribution is -2.58. The molecule has 100 valence electrons. The van der Waals surface area contributed by atoms with Gasteiger partial charge in [0.25, 0.3) is 0 Å². The lowest BCUT2D eigenvalue weighted by atomic mass is 9.83. The number of pyridine rings is 1. The van der Waals surface area contributed by atoms with Crippen LogP contribution in [0.4, 0.5) is 0 Å². The highest BCUT2D eigenvalue weighted by Crippen LogP contribution is 2.29. The van der Waals surface area contributed by atoms with Gasteiger partial charge in [-0.05, 0) is 24.1 Å². The van der Waals surface area contributed by atoms with Gasteiger partial charge in [0, 0.05) is 45.6 Å². The Morgan fingerprint density at radius 1 is 1.44 bits per heavy atom. The quantitative estimate of drug-likeness (QED) is 0.594. The van der Waals surface area contributed by atoms with E-state index in [0.29, 0.717) is 0 Å². The first-order valence-corrected chi connectivity index (χ1v) is 6.29. The minimum atomic E-state index is -0.240. The lowest BCUT2D eigenvalue weighted by molar-refractivity contribution is -0.110. The predicted molar refractivity (Wildman–Crippen MR) is 68.8 cm³/mol. The van der Waals surface area contributed by atoms with Crippen molar-refractivity contribution in [3.63, 3.8) is 0 Å². The van der Waals surface area contributed by atoms with Gasteiger partial charge in [-0.3, -0.25) is 16.3 Å². The number of nitrogens with two attached hydrogens (primary N) is 1. The number of ether oxygens (including phenoxy) is 2. The number of hydrazine groups is 1. The van der Waals surface area contributed by atoms with Crippen LogP contribution in [0.25, 0.3) is 0 Å². The van der Waals surface area contributed by atoms with Gasteiger partial charge >= 0.3 is 0 Å². The molecule has 1 fully saturated rings. The molecule has 1 aliphatic heterocycles. The monoisotopic (exact) mass is 251 g/mol. The third-order valence-corrected chi connectivity index (χ3v) is 3.77. The molecule has 1 atom stereocenters. The van der Waals surface area contributed by atoms with Gasteiger partial charge in [-0.15, -0.1) is 0 Å². The van der Waals surface area contributed by atoms with E-state index >= 15 is 0 Å². The molecule has 1 aromatic rings. The summed E-state index contributed by atoms with van der Waals surface area (Å²) in [5.74, 6) is 5.73. The van der Waals surface area contributed by atoms with Gasteiger partial charge in [0.15, 0.2) is 0 Å². The van der Waals surface area contributed by atoms with Crippen LogP contribution in [0.15, 0.2) is 24.5 Å². The van der Waals surface area contributed by atoms with Crippen molar-refractivity contribution in [3.05, 3.63) is 30.1 Å². The van der Waals surface area contributed by atoms with Crippen LogP contribution in [-0.2, 0) is 15.9 Å². The van der Waals surface area contributed by atoms with Gasteiger partial charge in [-0.25, -0.2) is 0 Å². The van der Waals surface area contributed by atoms with E-state index in [0.717, 1.165) is 32.5 Å². The zero-order valence-electron chi connectivity index (χ0n) is 10.8. The molecule has 2 heterocycles. The Kier molecular flexibility index (Phi) is 4.66. The molecule has 0 saturated carbocycles. The normalized spacial score (nSPS) is 20.6. The van der Waals surface area contributed by atoms with E-state index in [1.165, 1.54) is 5.56 Å². The number of aromatic nitrogens is 1. The second kappa shape index (κ2) is 6.24. The van der Waals surface area contributed by atoms with Gasteiger partial charge in [-0.1, -0.05) is 0 Å². The van der Waals surface area contributed by atoms with E-state index in [1.54, 1.807) is 19.5 Å². The highest BCUT2D eigenvalue weighted by molar-refractivity contribution is 5.13. The van der Waals surface area contributed by atoms with Gasteiger partial charge in [-0.2, -0.15) is 0 Å². The second-order valence-corrected chi connectivity index (χ2v) is 4.66. The number of rotatable bonds is 5. The van der Waals surface area contributed by atoms with Crippen LogP contribution in [0, 0.1) is 0 Å². The van der Waals surface area contributed by atoms with Gasteiger partial charge in [0.05, 0.1) is 11.6 Å². The summed E-state index contributed by atoms with van der Waals surface area (Å²) in [7, 11) is 1.75. The molecule has 1 saturated heterocycles. The summed E-state index contributed by atoms with van der Waals surface area (Å²) in [5, 5.41) is 0. The summed E-state index contributed by atoms with van der Waals surface area (Å²) < 4.78 is 11.2. The topological polar surface area (TPSA) is 69.4 Å². The van der Waals surface area contributed by atoms with Crippen LogP contribution in [0.1, 0.15) is 18.4 Å². The van der Waals surface area contributed by atoms with Crippen LogP contribution in [0.2, 0.25) is 0 Å². The molecule has 5 nitrogen and oxygen atoms in total. The molecular weight excluding hydrogens is 230 g/mol. The molecular formula is C13H21N3O2. The lowest BCUT2D eigenvalue weighted by Gasteiger charge is -2.42. The third-order valence-electron chi connectivity index (χ3n) is 3.77. The molecule has 2 rings (SSSR count). The zero-order valence-corrected chi connectivity index (χ0v) is 10.8. The largest absolute Gasteiger partial charge is 0.381 e. The van der Waals surface area contributed by atoms with Crippen LogP contribution in [0.3, 0.4) is 0 Å². The average Bonchev–Trinajstić information content (AvgIpc) is 2.46. The summed E-state index contributed by atoms with van der Waals surface area (Å²) in [5.41, 5.74) is 3.88. The summed E-state index contributed by atoms with van der Waals surface area (Å²) in [4.78, 5) is 4.03. The SMILES string of the molecule is COC1(C(Cc2ccncc2)NN)CCOCC1. The van der Waals surface area contributed by atoms with Crippen molar-refractivity contribution in [1.29, 1.82) is 0 Å². The minimum absolute atomic E-state index is 0.0776. The van der Waals surface area contributed by atoms with Crippen LogP contribution in [0.5, 0.6) is 0 Å². The summed E-state index contributed by atoms with van der Waals surface area (Å²) >= 11 is 0. The summed E-state index contributed by atoms with van der Waals surface area (Å²) in [6, 6.07) is 4.09. The van der Waals surface area contributed by atoms with E-state index in [2.05, 4.69) is 10.4 Å². The Labute approximate surface area is 108 Å². The molecule has 0 aliphatic carbocycles. The average molecular weight is 251 g/mol. The first kappa shape index (κ1) is 13.4. The van der Waals surface area contributed by atoms with E-state index in [-0.39, 0.29) is 11.6 Å².